The van der Waals surface area contributed by atoms with Crippen molar-refractivity contribution in [2.45, 2.75) is 146 Å². The molecule has 0 unspecified atom stereocenters. The van der Waals surface area contributed by atoms with E-state index in [0.29, 0.717) is 30.5 Å². The summed E-state index contributed by atoms with van der Waals surface area (Å²) in [6.45, 7) is 6.40. The van der Waals surface area contributed by atoms with Crippen molar-refractivity contribution in [2.24, 2.45) is 17.3 Å². The molecule has 1 aromatic carbocycles. The lowest BCUT2D eigenvalue weighted by atomic mass is 9.85. The molecule has 3 aliphatic carbocycles. The van der Waals surface area contributed by atoms with Gasteiger partial charge in [-0.25, -0.2) is 36.4 Å². The molecule has 0 spiro atoms. The quantitative estimate of drug-likeness (QED) is 0.370. The van der Waals surface area contributed by atoms with Gasteiger partial charge in [0.1, 0.15) is 41.3 Å². The molecule has 1 saturated heterocycles. The molecule has 1 aromatic heterocycles. The molecule has 3 N–H and O–H groups in total. The van der Waals surface area contributed by atoms with Crippen LogP contribution in [0, 0.1) is 23.1 Å². The minimum Gasteiger partial charge on any atom is -0.471 e. The van der Waals surface area contributed by atoms with E-state index in [0.717, 1.165) is 32.1 Å². The molecule has 0 radical (unpaired) electrons. The van der Waals surface area contributed by atoms with Crippen molar-refractivity contribution < 1.29 is 50.2 Å². The van der Waals surface area contributed by atoms with Crippen LogP contribution in [-0.2, 0) is 35.6 Å². The summed E-state index contributed by atoms with van der Waals surface area (Å²) in [5.41, 5.74) is -1.99. The molecule has 312 valence electrons. The summed E-state index contributed by atoms with van der Waals surface area (Å²) in [5.74, 6) is -4.93. The SMILES string of the molecule is CC(C)(C)[C@@H]1NC(=O)O[C@@H]2CCC[C@H]2CCCCCc2nc3ccc(F)cc3nc2O[C@@H]2C[C@@H](C(=O)N[C@]3(C(=O)NS(=O)(=O)C4(C)CC4)C[C@H]3C(F)F)N(C2)C1=O. The summed E-state index contributed by atoms with van der Waals surface area (Å²) >= 11 is 0. The number of ether oxygens (including phenoxy) is 2. The molecule has 18 heteroatoms. The van der Waals surface area contributed by atoms with Gasteiger partial charge in [-0.1, -0.05) is 33.6 Å². The predicted molar refractivity (Wildman–Crippen MR) is 200 cm³/mol. The van der Waals surface area contributed by atoms with Gasteiger partial charge >= 0.3 is 6.09 Å². The number of halogens is 3. The molecule has 2 aliphatic heterocycles. The molecule has 7 atom stereocenters. The van der Waals surface area contributed by atoms with Crippen molar-refractivity contribution in [3.8, 4) is 5.88 Å². The number of benzene rings is 1. The molecule has 57 heavy (non-hydrogen) atoms. The van der Waals surface area contributed by atoms with Gasteiger partial charge < -0.3 is 25.0 Å². The maximum absolute atomic E-state index is 14.7. The van der Waals surface area contributed by atoms with E-state index in [1.165, 1.54) is 30.0 Å². The van der Waals surface area contributed by atoms with Crippen molar-refractivity contribution >= 4 is 44.9 Å². The summed E-state index contributed by atoms with van der Waals surface area (Å²) < 4.78 is 81.8. The van der Waals surface area contributed by atoms with Crippen LogP contribution in [-0.4, -0.2) is 94.6 Å². The highest BCUT2D eigenvalue weighted by Crippen LogP contribution is 2.49. The predicted octanol–water partition coefficient (Wildman–Crippen LogP) is 4.68. The number of alkyl carbamates (subject to hydrolysis) is 1. The summed E-state index contributed by atoms with van der Waals surface area (Å²) in [6, 6.07) is 1.38. The van der Waals surface area contributed by atoms with Crippen molar-refractivity contribution in [2.75, 3.05) is 6.54 Å². The third-order valence-electron chi connectivity index (χ3n) is 12.4. The molecular formula is C39H51F3N6O8S. The number of aryl methyl sites for hydroxylation is 1. The van der Waals surface area contributed by atoms with E-state index >= 15 is 0 Å². The Morgan fingerprint density at radius 3 is 2.44 bits per heavy atom. The highest BCUT2D eigenvalue weighted by molar-refractivity contribution is 7.91. The Morgan fingerprint density at radius 2 is 1.75 bits per heavy atom. The fourth-order valence-corrected chi connectivity index (χ4v) is 9.76. The summed E-state index contributed by atoms with van der Waals surface area (Å²) in [5, 5.41) is 5.17. The lowest BCUT2D eigenvalue weighted by Gasteiger charge is -2.35. The van der Waals surface area contributed by atoms with Crippen LogP contribution in [0.4, 0.5) is 18.0 Å². The summed E-state index contributed by atoms with van der Waals surface area (Å²) in [7, 11) is -4.25. The highest BCUT2D eigenvalue weighted by Gasteiger charge is 2.67. The van der Waals surface area contributed by atoms with Crippen LogP contribution in [0.25, 0.3) is 11.0 Å². The number of alkyl halides is 2. The van der Waals surface area contributed by atoms with Crippen LogP contribution in [0.5, 0.6) is 5.88 Å². The van der Waals surface area contributed by atoms with Crippen LogP contribution in [0.15, 0.2) is 18.2 Å². The van der Waals surface area contributed by atoms with Gasteiger partial charge in [0.2, 0.25) is 34.1 Å². The van der Waals surface area contributed by atoms with Crippen LogP contribution in [0.3, 0.4) is 0 Å². The van der Waals surface area contributed by atoms with Crippen LogP contribution in [0.1, 0.15) is 104 Å². The lowest BCUT2D eigenvalue weighted by Crippen LogP contribution is -2.60. The number of carbonyl (C=O) groups is 4. The first-order valence-electron chi connectivity index (χ1n) is 19.9. The molecule has 3 heterocycles. The second kappa shape index (κ2) is 15.2. The van der Waals surface area contributed by atoms with Crippen LogP contribution < -0.4 is 20.1 Å². The first-order valence-corrected chi connectivity index (χ1v) is 21.4. The number of amides is 4. The van der Waals surface area contributed by atoms with Gasteiger partial charge in [0, 0.05) is 12.5 Å². The minimum atomic E-state index is -4.25. The fraction of sp³-hybridized carbons (Fsp3) is 0.692. The third-order valence-corrected chi connectivity index (χ3v) is 14.6. The zero-order valence-corrected chi connectivity index (χ0v) is 33.4. The number of carbonyl (C=O) groups excluding carboxylic acids is 4. The standard InChI is InChI=1S/C39H51F3N6O8S/c1-37(2,3)30-34(50)48-20-23(18-28(48)32(49)46-39(19-24(39)31(41)42)35(51)47-57(53,54)38(4)15-16-38)55-33-26(43-25-14-13-22(40)17-27(25)44-33)11-7-5-6-9-21-10-8-12-29(21)56-36(52)45-30/h13-14,17,21,23-24,28-31H,5-12,15-16,18-20H2,1-4H3,(H,45,52)(H,46,49)(H,47,51)/t21-,23-,24+,28+,29-,30-,39-/m1/s1. The Morgan fingerprint density at radius 1 is 1.02 bits per heavy atom. The molecule has 7 rings (SSSR count). The Labute approximate surface area is 329 Å². The zero-order chi connectivity index (χ0) is 41.1. The average molecular weight is 821 g/mol. The lowest BCUT2D eigenvalue weighted by molar-refractivity contribution is -0.143. The average Bonchev–Trinajstić information content (AvgIpc) is 3.96. The Kier molecular flexibility index (Phi) is 10.9. The van der Waals surface area contributed by atoms with Crippen molar-refractivity contribution in [1.82, 2.24) is 30.2 Å². The number of hydrogen-bond acceptors (Lipinski definition) is 10. The number of nitrogens with zero attached hydrogens (tertiary/aromatic N) is 3. The van der Waals surface area contributed by atoms with E-state index < -0.39 is 92.3 Å². The van der Waals surface area contributed by atoms with Gasteiger partial charge in [0.05, 0.1) is 28.2 Å². The van der Waals surface area contributed by atoms with Gasteiger partial charge in [-0.3, -0.25) is 19.1 Å². The smallest absolute Gasteiger partial charge is 0.408 e. The van der Waals surface area contributed by atoms with E-state index in [4.69, 9.17) is 14.5 Å². The molecule has 14 nitrogen and oxygen atoms in total. The first kappa shape index (κ1) is 41.0. The van der Waals surface area contributed by atoms with E-state index in [-0.39, 0.29) is 49.2 Å². The number of nitrogens with one attached hydrogen (secondary N) is 3. The van der Waals surface area contributed by atoms with Gasteiger partial charge in [0.15, 0.2) is 0 Å². The second-order valence-electron chi connectivity index (χ2n) is 17.8. The Hall–Kier alpha value is -4.22. The highest BCUT2D eigenvalue weighted by atomic mass is 32.2. The van der Waals surface area contributed by atoms with Crippen LogP contribution >= 0.6 is 0 Å². The Bertz CT molecular complexity index is 2040. The number of aromatic nitrogens is 2. The summed E-state index contributed by atoms with van der Waals surface area (Å²) in [4.78, 5) is 66.5. The molecule has 2 aromatic rings. The molecule has 5 aliphatic rings. The first-order chi connectivity index (χ1) is 26.8. The molecular weight excluding hydrogens is 770 g/mol. The monoisotopic (exact) mass is 820 g/mol. The molecule has 4 amide bonds. The van der Waals surface area contributed by atoms with E-state index in [1.807, 2.05) is 4.72 Å². The molecule has 4 fully saturated rings. The second-order valence-corrected chi connectivity index (χ2v) is 20.0. The van der Waals surface area contributed by atoms with Gasteiger partial charge in [0.25, 0.3) is 5.91 Å². The van der Waals surface area contributed by atoms with Crippen molar-refractivity contribution in [3.63, 3.8) is 0 Å². The fourth-order valence-electron chi connectivity index (χ4n) is 8.44. The number of fused-ring (bicyclic) bond motifs is 5. The summed E-state index contributed by atoms with van der Waals surface area (Å²) in [6.07, 6.45) is 0.933. The van der Waals surface area contributed by atoms with Crippen molar-refractivity contribution in [3.05, 3.63) is 29.7 Å². The van der Waals surface area contributed by atoms with Gasteiger partial charge in [-0.2, -0.15) is 0 Å². The van der Waals surface area contributed by atoms with E-state index in [2.05, 4.69) is 15.6 Å². The van der Waals surface area contributed by atoms with Crippen LogP contribution in [0.2, 0.25) is 0 Å². The minimum absolute atomic E-state index is 0.0900. The van der Waals surface area contributed by atoms with E-state index in [1.54, 1.807) is 20.8 Å². The maximum Gasteiger partial charge on any atom is 0.408 e. The number of rotatable bonds is 6. The van der Waals surface area contributed by atoms with Gasteiger partial charge in [-0.05, 0) is 88.2 Å². The normalized spacial score (nSPS) is 30.6. The van der Waals surface area contributed by atoms with E-state index in [9.17, 15) is 40.8 Å². The number of sulfonamides is 1. The number of hydrogen-bond donors (Lipinski definition) is 3. The third kappa shape index (κ3) is 8.37. The molecule has 3 saturated carbocycles. The van der Waals surface area contributed by atoms with Gasteiger partial charge in [-0.15, -0.1) is 0 Å². The maximum atomic E-state index is 14.7. The largest absolute Gasteiger partial charge is 0.471 e. The molecule has 2 bridgehead atoms. The van der Waals surface area contributed by atoms with Crippen molar-refractivity contribution in [1.29, 1.82) is 0 Å². The zero-order valence-electron chi connectivity index (χ0n) is 32.6. The topological polar surface area (TPSA) is 186 Å². The Balaban J connectivity index is 1.23.